The third-order valence-corrected chi connectivity index (χ3v) is 6.58. The van der Waals surface area contributed by atoms with Crippen molar-refractivity contribution in [2.75, 3.05) is 18.0 Å². The normalized spacial score (nSPS) is 14.0. The minimum Gasteiger partial charge on any atom is -0.465 e. The fourth-order valence-electron chi connectivity index (χ4n) is 2.38. The molecule has 0 saturated carbocycles. The van der Waals surface area contributed by atoms with Gasteiger partial charge in [0.1, 0.15) is 4.21 Å². The third kappa shape index (κ3) is 2.32. The summed E-state index contributed by atoms with van der Waals surface area (Å²) in [5, 5.41) is 1.74. The Morgan fingerprint density at radius 2 is 2.14 bits per heavy atom. The van der Waals surface area contributed by atoms with E-state index in [9.17, 15) is 13.2 Å². The molecule has 7 heteroatoms. The molecule has 21 heavy (non-hydrogen) atoms. The predicted octanol–water partition coefficient (Wildman–Crippen LogP) is 2.29. The lowest BCUT2D eigenvalue weighted by Crippen LogP contribution is -2.28. The van der Waals surface area contributed by atoms with Crippen LogP contribution >= 0.6 is 11.3 Å². The highest BCUT2D eigenvalue weighted by Crippen LogP contribution is 2.34. The molecule has 0 saturated heterocycles. The molecule has 0 aliphatic carbocycles. The van der Waals surface area contributed by atoms with Gasteiger partial charge in [0, 0.05) is 6.54 Å². The fraction of sp³-hybridized carbons (Fsp3) is 0.214. The molecule has 1 aromatic carbocycles. The highest BCUT2D eigenvalue weighted by Gasteiger charge is 2.31. The number of methoxy groups -OCH3 is 1. The number of hydrogen-bond acceptors (Lipinski definition) is 5. The van der Waals surface area contributed by atoms with Gasteiger partial charge in [-0.1, -0.05) is 6.07 Å². The summed E-state index contributed by atoms with van der Waals surface area (Å²) in [4.78, 5) is 11.5. The molecule has 0 amide bonds. The number of rotatable bonds is 3. The standard InChI is InChI=1S/C14H13NO4S2/c1-19-14(16)11-4-5-12-10(9-11)6-7-15(12)21(17,18)13-3-2-8-20-13/h2-5,8-9H,6-7H2,1H3. The second kappa shape index (κ2) is 5.16. The maximum atomic E-state index is 12.6. The van der Waals surface area contributed by atoms with Crippen LogP contribution in [0.3, 0.4) is 0 Å². The van der Waals surface area contributed by atoms with E-state index in [0.717, 1.165) is 5.56 Å². The van der Waals surface area contributed by atoms with Crippen molar-refractivity contribution in [3.8, 4) is 0 Å². The number of thiophene rings is 1. The molecule has 1 aliphatic rings. The molecular weight excluding hydrogens is 310 g/mol. The minimum absolute atomic E-state index is 0.326. The molecule has 1 aromatic heterocycles. The average Bonchev–Trinajstić information content (AvgIpc) is 3.15. The van der Waals surface area contributed by atoms with Gasteiger partial charge in [-0.15, -0.1) is 11.3 Å². The van der Waals surface area contributed by atoms with E-state index >= 15 is 0 Å². The Hall–Kier alpha value is -1.86. The van der Waals surface area contributed by atoms with Crippen molar-refractivity contribution in [1.29, 1.82) is 0 Å². The maximum absolute atomic E-state index is 12.6. The summed E-state index contributed by atoms with van der Waals surface area (Å²) in [6.45, 7) is 0.389. The van der Waals surface area contributed by atoms with Gasteiger partial charge in [-0.2, -0.15) is 0 Å². The fourth-order valence-corrected chi connectivity index (χ4v) is 4.99. The Morgan fingerprint density at radius 1 is 1.33 bits per heavy atom. The molecular formula is C14H13NO4S2. The summed E-state index contributed by atoms with van der Waals surface area (Å²) in [5.74, 6) is -0.419. The van der Waals surface area contributed by atoms with Crippen molar-refractivity contribution in [1.82, 2.24) is 0 Å². The molecule has 3 rings (SSSR count). The number of carbonyl (C=O) groups excluding carboxylic acids is 1. The summed E-state index contributed by atoms with van der Waals surface area (Å²) in [5.41, 5.74) is 1.92. The number of fused-ring (bicyclic) bond motifs is 1. The molecule has 0 atom stereocenters. The van der Waals surface area contributed by atoms with Crippen molar-refractivity contribution in [3.05, 3.63) is 46.8 Å². The van der Waals surface area contributed by atoms with Crippen LogP contribution in [0.1, 0.15) is 15.9 Å². The first-order valence-corrected chi connectivity index (χ1v) is 8.63. The summed E-state index contributed by atoms with van der Waals surface area (Å²) in [7, 11) is -2.19. The first kappa shape index (κ1) is 14.1. The molecule has 0 bridgehead atoms. The monoisotopic (exact) mass is 323 g/mol. The van der Waals surface area contributed by atoms with E-state index in [-0.39, 0.29) is 0 Å². The quantitative estimate of drug-likeness (QED) is 0.813. The number of sulfonamides is 1. The molecule has 0 radical (unpaired) electrons. The minimum atomic E-state index is -3.51. The zero-order valence-corrected chi connectivity index (χ0v) is 12.9. The van der Waals surface area contributed by atoms with E-state index in [1.54, 1.807) is 35.7 Å². The first-order chi connectivity index (χ1) is 10.0. The Bertz CT molecular complexity index is 781. The molecule has 110 valence electrons. The van der Waals surface area contributed by atoms with Gasteiger partial charge in [-0.25, -0.2) is 13.2 Å². The van der Waals surface area contributed by atoms with Crippen LogP contribution in [0, 0.1) is 0 Å². The average molecular weight is 323 g/mol. The van der Waals surface area contributed by atoms with Crippen LogP contribution in [-0.4, -0.2) is 28.0 Å². The number of benzene rings is 1. The Kier molecular flexibility index (Phi) is 3.46. The van der Waals surface area contributed by atoms with Gasteiger partial charge in [-0.05, 0) is 41.6 Å². The number of anilines is 1. The lowest BCUT2D eigenvalue weighted by atomic mass is 10.1. The molecule has 1 aliphatic heterocycles. The Morgan fingerprint density at radius 3 is 2.81 bits per heavy atom. The van der Waals surface area contributed by atoms with E-state index in [1.807, 2.05) is 0 Å². The van der Waals surface area contributed by atoms with Crippen LogP contribution in [0.5, 0.6) is 0 Å². The van der Waals surface area contributed by atoms with Gasteiger partial charge >= 0.3 is 5.97 Å². The molecule has 2 aromatic rings. The summed E-state index contributed by atoms with van der Waals surface area (Å²) < 4.78 is 31.6. The lowest BCUT2D eigenvalue weighted by molar-refractivity contribution is 0.0600. The van der Waals surface area contributed by atoms with Gasteiger partial charge < -0.3 is 4.74 Å². The number of esters is 1. The largest absolute Gasteiger partial charge is 0.465 e. The van der Waals surface area contributed by atoms with Gasteiger partial charge in [-0.3, -0.25) is 4.31 Å². The number of carbonyl (C=O) groups is 1. The molecule has 5 nitrogen and oxygen atoms in total. The Balaban J connectivity index is 2.00. The first-order valence-electron chi connectivity index (χ1n) is 6.31. The molecule has 2 heterocycles. The van der Waals surface area contributed by atoms with Gasteiger partial charge in [0.05, 0.1) is 18.4 Å². The number of ether oxygens (including phenoxy) is 1. The van der Waals surface area contributed by atoms with Crippen LogP contribution in [0.15, 0.2) is 39.9 Å². The molecule has 0 N–H and O–H groups in total. The van der Waals surface area contributed by atoms with Crippen LogP contribution in [-0.2, 0) is 21.2 Å². The van der Waals surface area contributed by atoms with Crippen LogP contribution in [0.2, 0.25) is 0 Å². The van der Waals surface area contributed by atoms with Gasteiger partial charge in [0.15, 0.2) is 0 Å². The van der Waals surface area contributed by atoms with E-state index in [1.165, 1.54) is 22.8 Å². The predicted molar refractivity (Wildman–Crippen MR) is 80.3 cm³/mol. The SMILES string of the molecule is COC(=O)c1ccc2c(c1)CCN2S(=O)(=O)c1cccs1. The summed E-state index contributed by atoms with van der Waals surface area (Å²) in [6, 6.07) is 8.27. The van der Waals surface area contributed by atoms with Crippen molar-refractivity contribution >= 4 is 33.0 Å². The van der Waals surface area contributed by atoms with Gasteiger partial charge in [0.2, 0.25) is 0 Å². The lowest BCUT2D eigenvalue weighted by Gasteiger charge is -2.18. The van der Waals surface area contributed by atoms with Gasteiger partial charge in [0.25, 0.3) is 10.0 Å². The van der Waals surface area contributed by atoms with Crippen molar-refractivity contribution in [2.45, 2.75) is 10.6 Å². The maximum Gasteiger partial charge on any atom is 0.337 e. The highest BCUT2D eigenvalue weighted by atomic mass is 32.2. The second-order valence-corrected chi connectivity index (χ2v) is 7.63. The van der Waals surface area contributed by atoms with Crippen molar-refractivity contribution in [2.24, 2.45) is 0 Å². The number of nitrogens with zero attached hydrogens (tertiary/aromatic N) is 1. The van der Waals surface area contributed by atoms with Crippen LogP contribution in [0.25, 0.3) is 0 Å². The number of hydrogen-bond donors (Lipinski definition) is 0. The summed E-state index contributed by atoms with van der Waals surface area (Å²) >= 11 is 1.20. The van der Waals surface area contributed by atoms with Crippen LogP contribution in [0.4, 0.5) is 5.69 Å². The zero-order chi connectivity index (χ0) is 15.0. The topological polar surface area (TPSA) is 63.7 Å². The molecule has 0 spiro atoms. The smallest absolute Gasteiger partial charge is 0.337 e. The third-order valence-electron chi connectivity index (χ3n) is 3.39. The highest BCUT2D eigenvalue weighted by molar-refractivity contribution is 7.94. The molecule has 0 unspecified atom stereocenters. The van der Waals surface area contributed by atoms with Crippen molar-refractivity contribution < 1.29 is 17.9 Å². The van der Waals surface area contributed by atoms with E-state index in [4.69, 9.17) is 0 Å². The Labute approximate surface area is 126 Å². The summed E-state index contributed by atoms with van der Waals surface area (Å²) in [6.07, 6.45) is 0.588. The van der Waals surface area contributed by atoms with Crippen LogP contribution < -0.4 is 4.31 Å². The second-order valence-electron chi connectivity index (χ2n) is 4.59. The molecule has 0 fully saturated rings. The van der Waals surface area contributed by atoms with Crippen molar-refractivity contribution in [3.63, 3.8) is 0 Å². The van der Waals surface area contributed by atoms with E-state index in [2.05, 4.69) is 4.74 Å². The van der Waals surface area contributed by atoms with E-state index in [0.29, 0.717) is 28.4 Å². The van der Waals surface area contributed by atoms with E-state index < -0.39 is 16.0 Å². The zero-order valence-electron chi connectivity index (χ0n) is 11.3.